The molecule has 0 amide bonds. The van der Waals surface area contributed by atoms with Gasteiger partial charge in [0.15, 0.2) is 0 Å². The van der Waals surface area contributed by atoms with Crippen molar-refractivity contribution in [2.24, 2.45) is 5.92 Å². The number of benzene rings is 1. The first-order valence-corrected chi connectivity index (χ1v) is 12.0. The fraction of sp³-hybridized carbons (Fsp3) is 0.333. The number of nitrogens with zero attached hydrogens (tertiary/aromatic N) is 3. The number of methoxy groups -OCH3 is 1. The summed E-state index contributed by atoms with van der Waals surface area (Å²) in [5, 5.41) is 1.61. The van der Waals surface area contributed by atoms with Gasteiger partial charge in [-0.15, -0.1) is 11.3 Å². The van der Waals surface area contributed by atoms with Gasteiger partial charge in [0.05, 0.1) is 7.11 Å². The minimum atomic E-state index is -3.72. The molecule has 2 aromatic heterocycles. The van der Waals surface area contributed by atoms with Crippen LogP contribution in [0.3, 0.4) is 0 Å². The average Bonchev–Trinajstić information content (AvgIpc) is 3.44. The number of carbonyl (C=O) groups is 1. The van der Waals surface area contributed by atoms with Gasteiger partial charge in [-0.05, 0) is 30.2 Å². The highest BCUT2D eigenvalue weighted by Crippen LogP contribution is 2.30. The first kappa shape index (κ1) is 20.8. The van der Waals surface area contributed by atoms with Gasteiger partial charge >= 0.3 is 5.97 Å². The van der Waals surface area contributed by atoms with Crippen molar-refractivity contribution in [2.75, 3.05) is 20.2 Å². The van der Waals surface area contributed by atoms with Gasteiger partial charge in [-0.3, -0.25) is 0 Å². The molecule has 1 aliphatic heterocycles. The average molecular weight is 446 g/mol. The number of piperidine rings is 1. The van der Waals surface area contributed by atoms with Gasteiger partial charge in [-0.2, -0.15) is 4.31 Å². The molecular formula is C21H23N3O4S2. The molecule has 0 atom stereocenters. The summed E-state index contributed by atoms with van der Waals surface area (Å²) in [6, 6.07) is 11.5. The first-order chi connectivity index (χ1) is 14.5. The maximum absolute atomic E-state index is 13.1. The van der Waals surface area contributed by atoms with Crippen molar-refractivity contribution in [1.29, 1.82) is 0 Å². The zero-order chi connectivity index (χ0) is 21.1. The number of hydrogen-bond acceptors (Lipinski definition) is 6. The lowest BCUT2D eigenvalue weighted by atomic mass is 9.98. The van der Waals surface area contributed by atoms with Crippen LogP contribution in [-0.2, 0) is 21.3 Å². The van der Waals surface area contributed by atoms with Crippen LogP contribution >= 0.6 is 11.3 Å². The molecule has 0 saturated carbocycles. The Hall–Kier alpha value is -2.49. The minimum absolute atomic E-state index is 0.0405. The largest absolute Gasteiger partial charge is 0.465 e. The molecule has 0 N–H and O–H groups in total. The summed E-state index contributed by atoms with van der Waals surface area (Å²) in [6.07, 6.45) is 5.28. The van der Waals surface area contributed by atoms with Gasteiger partial charge in [0.25, 0.3) is 0 Å². The summed E-state index contributed by atoms with van der Waals surface area (Å²) in [6.45, 7) is 1.65. The highest BCUT2D eigenvalue weighted by Gasteiger charge is 2.33. The van der Waals surface area contributed by atoms with Crippen LogP contribution in [0.25, 0.3) is 11.4 Å². The zero-order valence-corrected chi connectivity index (χ0v) is 18.2. The molecule has 0 unspecified atom stereocenters. The fourth-order valence-electron chi connectivity index (χ4n) is 3.80. The molecule has 9 heteroatoms. The number of ether oxygens (including phenoxy) is 1. The van der Waals surface area contributed by atoms with Crippen molar-refractivity contribution < 1.29 is 17.9 Å². The van der Waals surface area contributed by atoms with Crippen LogP contribution < -0.4 is 0 Å². The molecule has 7 nitrogen and oxygen atoms in total. The normalized spacial score (nSPS) is 15.9. The molecule has 3 aromatic rings. The molecular weight excluding hydrogens is 422 g/mol. The molecule has 1 aliphatic rings. The number of sulfonamides is 1. The molecule has 1 aromatic carbocycles. The lowest BCUT2D eigenvalue weighted by molar-refractivity contribution is 0.0602. The SMILES string of the molecule is COC(=O)c1sccc1S(=O)(=O)N1CCC(Cn2ccnc2-c2ccccc2)CC1. The second-order valence-electron chi connectivity index (χ2n) is 7.22. The van der Waals surface area contributed by atoms with Crippen LogP contribution in [0.5, 0.6) is 0 Å². The summed E-state index contributed by atoms with van der Waals surface area (Å²) in [7, 11) is -2.46. The van der Waals surface area contributed by atoms with Gasteiger partial charge in [0, 0.05) is 37.6 Å². The minimum Gasteiger partial charge on any atom is -0.465 e. The Kier molecular flexibility index (Phi) is 6.03. The van der Waals surface area contributed by atoms with Crippen LogP contribution in [0.2, 0.25) is 0 Å². The predicted octanol–water partition coefficient (Wildman–Crippen LogP) is 3.50. The quantitative estimate of drug-likeness (QED) is 0.543. The molecule has 158 valence electrons. The van der Waals surface area contributed by atoms with E-state index in [0.717, 1.165) is 42.1 Å². The van der Waals surface area contributed by atoms with Crippen molar-refractivity contribution in [3.05, 3.63) is 59.0 Å². The Morgan fingerprint density at radius 2 is 1.93 bits per heavy atom. The Bertz CT molecular complexity index is 1110. The number of esters is 1. The number of imidazole rings is 1. The van der Waals surface area contributed by atoms with Crippen LogP contribution in [0, 0.1) is 5.92 Å². The molecule has 0 radical (unpaired) electrons. The summed E-state index contributed by atoms with van der Waals surface area (Å²) in [5.74, 6) is 0.661. The summed E-state index contributed by atoms with van der Waals surface area (Å²) < 4.78 is 34.5. The van der Waals surface area contributed by atoms with E-state index in [1.54, 1.807) is 11.6 Å². The number of hydrogen-bond donors (Lipinski definition) is 0. The van der Waals surface area contributed by atoms with Gasteiger partial charge in [-0.25, -0.2) is 18.2 Å². The molecule has 0 aliphatic carbocycles. The molecule has 1 saturated heterocycles. The number of carbonyl (C=O) groups excluding carboxylic acids is 1. The van der Waals surface area contributed by atoms with E-state index in [1.807, 2.05) is 36.5 Å². The Labute approximate surface area is 180 Å². The molecule has 30 heavy (non-hydrogen) atoms. The van der Waals surface area contributed by atoms with E-state index in [2.05, 4.69) is 9.55 Å². The van der Waals surface area contributed by atoms with Gasteiger partial charge in [0.1, 0.15) is 15.6 Å². The Balaban J connectivity index is 1.44. The van der Waals surface area contributed by atoms with Crippen molar-refractivity contribution in [3.63, 3.8) is 0 Å². The summed E-state index contributed by atoms with van der Waals surface area (Å²) >= 11 is 1.09. The topological polar surface area (TPSA) is 81.5 Å². The van der Waals surface area contributed by atoms with Crippen molar-refractivity contribution in [2.45, 2.75) is 24.3 Å². The van der Waals surface area contributed by atoms with Crippen LogP contribution in [0.15, 0.2) is 59.1 Å². The third kappa shape index (κ3) is 4.05. The van der Waals surface area contributed by atoms with Crippen molar-refractivity contribution >= 4 is 27.3 Å². The zero-order valence-electron chi connectivity index (χ0n) is 16.6. The lowest BCUT2D eigenvalue weighted by Gasteiger charge is -2.31. The number of aromatic nitrogens is 2. The monoisotopic (exact) mass is 445 g/mol. The molecule has 0 bridgehead atoms. The molecule has 1 fully saturated rings. The third-order valence-electron chi connectivity index (χ3n) is 5.39. The second-order valence-corrected chi connectivity index (χ2v) is 10.0. The van der Waals surface area contributed by atoms with Crippen molar-refractivity contribution in [1.82, 2.24) is 13.9 Å². The predicted molar refractivity (Wildman–Crippen MR) is 115 cm³/mol. The second kappa shape index (κ2) is 8.71. The van der Waals surface area contributed by atoms with Gasteiger partial charge in [0.2, 0.25) is 10.0 Å². The summed E-state index contributed by atoms with van der Waals surface area (Å²) in [4.78, 5) is 16.6. The number of rotatable bonds is 6. The van der Waals surface area contributed by atoms with E-state index in [4.69, 9.17) is 4.74 Å². The highest BCUT2D eigenvalue weighted by atomic mass is 32.2. The van der Waals surface area contributed by atoms with Crippen LogP contribution in [0.1, 0.15) is 22.5 Å². The fourth-order valence-corrected chi connectivity index (χ4v) is 6.57. The van der Waals surface area contributed by atoms with Crippen molar-refractivity contribution in [3.8, 4) is 11.4 Å². The maximum atomic E-state index is 13.1. The highest BCUT2D eigenvalue weighted by molar-refractivity contribution is 7.89. The third-order valence-corrected chi connectivity index (χ3v) is 8.36. The number of thiophene rings is 1. The molecule has 3 heterocycles. The molecule has 0 spiro atoms. The van der Waals surface area contributed by atoms with Crippen LogP contribution in [0.4, 0.5) is 0 Å². The Morgan fingerprint density at radius 1 is 1.20 bits per heavy atom. The van der Waals surface area contributed by atoms with E-state index in [0.29, 0.717) is 19.0 Å². The first-order valence-electron chi connectivity index (χ1n) is 9.73. The van der Waals surface area contributed by atoms with Gasteiger partial charge in [-0.1, -0.05) is 30.3 Å². The van der Waals surface area contributed by atoms with E-state index < -0.39 is 16.0 Å². The van der Waals surface area contributed by atoms with E-state index in [-0.39, 0.29) is 9.77 Å². The van der Waals surface area contributed by atoms with E-state index in [1.165, 1.54) is 17.5 Å². The van der Waals surface area contributed by atoms with E-state index in [9.17, 15) is 13.2 Å². The lowest BCUT2D eigenvalue weighted by Crippen LogP contribution is -2.39. The maximum Gasteiger partial charge on any atom is 0.349 e. The summed E-state index contributed by atoms with van der Waals surface area (Å²) in [5.41, 5.74) is 1.07. The van der Waals surface area contributed by atoms with Crippen LogP contribution in [-0.4, -0.2) is 48.4 Å². The Morgan fingerprint density at radius 3 is 2.63 bits per heavy atom. The van der Waals surface area contributed by atoms with E-state index >= 15 is 0 Å². The standard InChI is InChI=1S/C21H23N3O4S2/c1-28-21(25)19-18(9-14-29-19)30(26,27)24-11-7-16(8-12-24)15-23-13-10-22-20(23)17-5-3-2-4-6-17/h2-6,9-10,13-14,16H,7-8,11-12,15H2,1H3. The van der Waals surface area contributed by atoms with Gasteiger partial charge < -0.3 is 9.30 Å². The smallest absolute Gasteiger partial charge is 0.349 e. The molecule has 4 rings (SSSR count).